The zero-order chi connectivity index (χ0) is 14.6. The molecular weight excluding hydrogens is 365 g/mol. The number of carbonyl (C=O) groups is 1. The number of hydrogen-bond acceptors (Lipinski definition) is 3. The summed E-state index contributed by atoms with van der Waals surface area (Å²) in [6, 6.07) is 8.47. The molecule has 0 bridgehead atoms. The minimum atomic E-state index is 0.375. The van der Waals surface area contributed by atoms with Crippen LogP contribution in [0.25, 0.3) is 0 Å². The van der Waals surface area contributed by atoms with Gasteiger partial charge in [-0.05, 0) is 60.4 Å². The average Bonchev–Trinajstić information content (AvgIpc) is 2.44. The summed E-state index contributed by atoms with van der Waals surface area (Å²) in [4.78, 5) is 8.95. The van der Waals surface area contributed by atoms with E-state index in [4.69, 9.17) is 4.79 Å². The molecule has 0 aromatic heterocycles. The Morgan fingerprint density at radius 3 is 2.60 bits per heavy atom. The molecule has 0 radical (unpaired) electrons. The van der Waals surface area contributed by atoms with E-state index in [9.17, 15) is 0 Å². The molecule has 0 unspecified atom stereocenters. The molecule has 1 N–H and O–H groups in total. The Bertz CT molecular complexity index is 432. The Hall–Kier alpha value is -1.04. The van der Waals surface area contributed by atoms with Gasteiger partial charge >= 0.3 is 0 Å². The van der Waals surface area contributed by atoms with E-state index in [0.717, 1.165) is 0 Å². The molecule has 0 amide bonds. The van der Waals surface area contributed by atoms with E-state index in [1.807, 2.05) is 0 Å². The third-order valence-electron chi connectivity index (χ3n) is 3.06. The first-order chi connectivity index (χ1) is 9.77. The van der Waals surface area contributed by atoms with E-state index in [1.54, 1.807) is 0 Å². The lowest BCUT2D eigenvalue weighted by atomic mass is 10.0. The molecule has 0 saturated heterocycles. The van der Waals surface area contributed by atoms with Gasteiger partial charge < -0.3 is 10.1 Å². The molecule has 0 fully saturated rings. The molecule has 110 valence electrons. The molecule has 0 atom stereocenters. The molecule has 1 aromatic carbocycles. The molecule has 20 heavy (non-hydrogen) atoms. The summed E-state index contributed by atoms with van der Waals surface area (Å²) in [6.07, 6.45) is 10.2. The predicted molar refractivity (Wildman–Crippen MR) is 91.6 cm³/mol. The molecule has 0 saturated carbocycles. The molecule has 1 aliphatic carbocycles. The maximum atomic E-state index is 8.95. The van der Waals surface area contributed by atoms with Crippen molar-refractivity contribution >= 4 is 34.8 Å². The summed E-state index contributed by atoms with van der Waals surface area (Å²) < 4.78 is 5.16. The third kappa shape index (κ3) is 6.93. The molecule has 2 rings (SSSR count). The highest BCUT2D eigenvalue weighted by molar-refractivity contribution is 14.1. The van der Waals surface area contributed by atoms with Crippen molar-refractivity contribution in [3.8, 4) is 0 Å². The number of para-hydroxylation sites is 1. The maximum Gasteiger partial charge on any atom is 0.292 e. The Morgan fingerprint density at radius 1 is 1.20 bits per heavy atom. The summed E-state index contributed by atoms with van der Waals surface area (Å²) in [5, 5.41) is 3.57. The fourth-order valence-corrected chi connectivity index (χ4v) is 2.56. The second-order valence-electron chi connectivity index (χ2n) is 4.62. The van der Waals surface area contributed by atoms with Gasteiger partial charge in [-0.15, -0.1) is 0 Å². The van der Waals surface area contributed by atoms with Gasteiger partial charge in [-0.2, -0.15) is 0 Å². The lowest BCUT2D eigenvalue weighted by Crippen LogP contribution is -2.02. The standard InChI is InChI=1S/C14H18IN.C2H4O2/c15-13-10-6-7-11-14(13)16-12-8-4-2-1-3-5-9-12;1-4-2-3/h6-8,10-11,16H,1-5,9H2;2H,1H3. The van der Waals surface area contributed by atoms with Gasteiger partial charge in [-0.25, -0.2) is 0 Å². The molecule has 3 nitrogen and oxygen atoms in total. The van der Waals surface area contributed by atoms with Crippen LogP contribution in [0.1, 0.15) is 38.5 Å². The summed E-state index contributed by atoms with van der Waals surface area (Å²) in [6.45, 7) is 0.375. The van der Waals surface area contributed by atoms with Crippen molar-refractivity contribution < 1.29 is 9.53 Å². The van der Waals surface area contributed by atoms with Gasteiger partial charge in [0.1, 0.15) is 0 Å². The number of methoxy groups -OCH3 is 1. The van der Waals surface area contributed by atoms with Gasteiger partial charge in [-0.3, -0.25) is 4.79 Å². The van der Waals surface area contributed by atoms with Gasteiger partial charge in [-0.1, -0.05) is 31.1 Å². The average molecular weight is 387 g/mol. The quantitative estimate of drug-likeness (QED) is 0.602. The van der Waals surface area contributed by atoms with Crippen molar-refractivity contribution in [3.63, 3.8) is 0 Å². The first-order valence-electron chi connectivity index (χ1n) is 6.95. The maximum absolute atomic E-state index is 8.95. The van der Waals surface area contributed by atoms with Crippen molar-refractivity contribution in [2.24, 2.45) is 0 Å². The smallest absolute Gasteiger partial charge is 0.292 e. The number of nitrogens with one attached hydrogen (secondary N) is 1. The van der Waals surface area contributed by atoms with Crippen molar-refractivity contribution in [3.05, 3.63) is 39.6 Å². The van der Waals surface area contributed by atoms with Crippen LogP contribution >= 0.6 is 22.6 Å². The molecule has 0 aliphatic heterocycles. The number of halogens is 1. The number of allylic oxidation sites excluding steroid dienone is 2. The van der Waals surface area contributed by atoms with E-state index in [1.165, 1.54) is 60.6 Å². The van der Waals surface area contributed by atoms with Gasteiger partial charge in [0.05, 0.1) is 12.8 Å². The second-order valence-corrected chi connectivity index (χ2v) is 5.78. The van der Waals surface area contributed by atoms with Crippen molar-refractivity contribution in [2.75, 3.05) is 12.4 Å². The Labute approximate surface area is 134 Å². The van der Waals surface area contributed by atoms with Crippen molar-refractivity contribution in [1.29, 1.82) is 0 Å². The minimum Gasteiger partial charge on any atom is -0.471 e. The van der Waals surface area contributed by atoms with Gasteiger partial charge in [0.2, 0.25) is 0 Å². The summed E-state index contributed by atoms with van der Waals surface area (Å²) in [5.41, 5.74) is 2.65. The first-order valence-corrected chi connectivity index (χ1v) is 8.03. The number of hydrogen-bond donors (Lipinski definition) is 1. The fraction of sp³-hybridized carbons (Fsp3) is 0.438. The molecule has 0 heterocycles. The normalized spacial score (nSPS) is 14.8. The molecule has 1 aromatic rings. The monoisotopic (exact) mass is 387 g/mol. The summed E-state index contributed by atoms with van der Waals surface area (Å²) in [5.74, 6) is 0. The lowest BCUT2D eigenvalue weighted by Gasteiger charge is -2.14. The lowest BCUT2D eigenvalue weighted by molar-refractivity contribution is -0.126. The highest BCUT2D eigenvalue weighted by atomic mass is 127. The zero-order valence-electron chi connectivity index (χ0n) is 11.9. The summed E-state index contributed by atoms with van der Waals surface area (Å²) in [7, 11) is 1.31. The van der Waals surface area contributed by atoms with Gasteiger partial charge in [0.15, 0.2) is 0 Å². The van der Waals surface area contributed by atoms with E-state index in [0.29, 0.717) is 6.47 Å². The van der Waals surface area contributed by atoms with Crippen LogP contribution in [0.3, 0.4) is 0 Å². The van der Waals surface area contributed by atoms with Crippen LogP contribution < -0.4 is 5.32 Å². The molecule has 1 aliphatic rings. The van der Waals surface area contributed by atoms with Gasteiger partial charge in [0, 0.05) is 9.27 Å². The van der Waals surface area contributed by atoms with Crippen LogP contribution in [0.5, 0.6) is 0 Å². The highest BCUT2D eigenvalue weighted by Gasteiger charge is 2.04. The number of ether oxygens (including phenoxy) is 1. The number of benzene rings is 1. The molecule has 4 heteroatoms. The number of rotatable bonds is 3. The van der Waals surface area contributed by atoms with E-state index < -0.39 is 0 Å². The topological polar surface area (TPSA) is 38.3 Å². The van der Waals surface area contributed by atoms with E-state index in [-0.39, 0.29) is 0 Å². The van der Waals surface area contributed by atoms with Crippen molar-refractivity contribution in [2.45, 2.75) is 38.5 Å². The Morgan fingerprint density at radius 2 is 1.90 bits per heavy atom. The molecular formula is C16H22INO2. The van der Waals surface area contributed by atoms with Crippen LogP contribution in [0.15, 0.2) is 36.0 Å². The van der Waals surface area contributed by atoms with E-state index in [2.05, 4.69) is 63.0 Å². The van der Waals surface area contributed by atoms with Crippen LogP contribution in [0, 0.1) is 3.57 Å². The third-order valence-corrected chi connectivity index (χ3v) is 4.00. The Balaban J connectivity index is 0.000000444. The predicted octanol–water partition coefficient (Wildman–Crippen LogP) is 4.73. The summed E-state index contributed by atoms with van der Waals surface area (Å²) >= 11 is 2.38. The van der Waals surface area contributed by atoms with Crippen LogP contribution in [0.4, 0.5) is 5.69 Å². The zero-order valence-corrected chi connectivity index (χ0v) is 14.1. The SMILES string of the molecule is COC=O.Ic1ccccc1NC1=CCCCCCC1. The van der Waals surface area contributed by atoms with Crippen LogP contribution in [0.2, 0.25) is 0 Å². The van der Waals surface area contributed by atoms with Crippen LogP contribution in [-0.4, -0.2) is 13.6 Å². The largest absolute Gasteiger partial charge is 0.471 e. The first kappa shape index (κ1) is 17.0. The number of carbonyl (C=O) groups excluding carboxylic acids is 1. The van der Waals surface area contributed by atoms with Crippen molar-refractivity contribution in [1.82, 2.24) is 0 Å². The molecule has 0 spiro atoms. The second kappa shape index (κ2) is 10.7. The highest BCUT2D eigenvalue weighted by Crippen LogP contribution is 2.22. The van der Waals surface area contributed by atoms with Gasteiger partial charge in [0.25, 0.3) is 6.47 Å². The fourth-order valence-electron chi connectivity index (χ4n) is 2.04. The van der Waals surface area contributed by atoms with Crippen LogP contribution in [-0.2, 0) is 9.53 Å². The van der Waals surface area contributed by atoms with E-state index >= 15 is 0 Å². The number of anilines is 1. The minimum absolute atomic E-state index is 0.375. The Kier molecular flexibility index (Phi) is 9.11.